The fourth-order valence-corrected chi connectivity index (χ4v) is 3.02. The normalized spacial score (nSPS) is 24.3. The molecule has 18 heavy (non-hydrogen) atoms. The smallest absolute Gasteiger partial charge is 0.311 e. The quantitative estimate of drug-likeness (QED) is 0.790. The van der Waals surface area contributed by atoms with Gasteiger partial charge in [-0.15, -0.1) is 0 Å². The molecular weight excluding hydrogens is 230 g/mol. The molecule has 2 fully saturated rings. The number of carboxylic acid groups (broad SMARTS) is 1. The molecule has 1 amide bonds. The fraction of sp³-hybridized carbons (Fsp3) is 0.857. The van der Waals surface area contributed by atoms with Crippen LogP contribution >= 0.6 is 0 Å². The first kappa shape index (κ1) is 13.4. The van der Waals surface area contributed by atoms with E-state index >= 15 is 0 Å². The summed E-state index contributed by atoms with van der Waals surface area (Å²) in [6.07, 6.45) is 7.61. The van der Waals surface area contributed by atoms with Crippen LogP contribution < -0.4 is 5.32 Å². The van der Waals surface area contributed by atoms with Crippen LogP contribution in [0.3, 0.4) is 0 Å². The van der Waals surface area contributed by atoms with Gasteiger partial charge >= 0.3 is 5.97 Å². The SMILES string of the molecule is CCC1(C(=O)NCC2(C(=O)O)CC2)CCCCC1. The predicted molar refractivity (Wildman–Crippen MR) is 68.1 cm³/mol. The van der Waals surface area contributed by atoms with E-state index in [1.54, 1.807) is 0 Å². The Balaban J connectivity index is 1.92. The van der Waals surface area contributed by atoms with Gasteiger partial charge in [-0.25, -0.2) is 0 Å². The second-order valence-corrected chi connectivity index (χ2v) is 5.96. The van der Waals surface area contributed by atoms with E-state index < -0.39 is 11.4 Å². The van der Waals surface area contributed by atoms with Crippen LogP contribution in [0.5, 0.6) is 0 Å². The average Bonchev–Trinajstić information content (AvgIpc) is 3.18. The van der Waals surface area contributed by atoms with Crippen LogP contribution in [-0.2, 0) is 9.59 Å². The first-order valence-electron chi connectivity index (χ1n) is 7.06. The second kappa shape index (κ2) is 4.90. The third kappa shape index (κ3) is 2.38. The van der Waals surface area contributed by atoms with Gasteiger partial charge in [-0.3, -0.25) is 9.59 Å². The first-order chi connectivity index (χ1) is 8.55. The summed E-state index contributed by atoms with van der Waals surface area (Å²) >= 11 is 0. The minimum atomic E-state index is -0.767. The van der Waals surface area contributed by atoms with Crippen LogP contribution in [0.1, 0.15) is 58.3 Å². The number of hydrogen-bond donors (Lipinski definition) is 2. The summed E-state index contributed by atoms with van der Waals surface area (Å²) < 4.78 is 0. The van der Waals surface area contributed by atoms with Gasteiger partial charge in [0.15, 0.2) is 0 Å². The monoisotopic (exact) mass is 253 g/mol. The van der Waals surface area contributed by atoms with Crippen molar-refractivity contribution in [1.82, 2.24) is 5.32 Å². The number of carbonyl (C=O) groups is 2. The molecule has 0 radical (unpaired) electrons. The lowest BCUT2D eigenvalue weighted by Gasteiger charge is -2.35. The van der Waals surface area contributed by atoms with E-state index in [1.165, 1.54) is 6.42 Å². The summed E-state index contributed by atoms with van der Waals surface area (Å²) in [5.41, 5.74) is -0.883. The molecule has 2 rings (SSSR count). The molecule has 0 heterocycles. The number of rotatable bonds is 5. The van der Waals surface area contributed by atoms with Gasteiger partial charge < -0.3 is 10.4 Å². The van der Waals surface area contributed by atoms with Crippen molar-refractivity contribution in [2.45, 2.75) is 58.3 Å². The molecular formula is C14H23NO3. The van der Waals surface area contributed by atoms with E-state index in [2.05, 4.69) is 12.2 Å². The highest BCUT2D eigenvalue weighted by atomic mass is 16.4. The Labute approximate surface area is 108 Å². The number of amides is 1. The van der Waals surface area contributed by atoms with Gasteiger partial charge in [0, 0.05) is 12.0 Å². The van der Waals surface area contributed by atoms with Gasteiger partial charge in [-0.05, 0) is 32.1 Å². The van der Waals surface area contributed by atoms with Crippen molar-refractivity contribution >= 4 is 11.9 Å². The molecule has 0 aliphatic heterocycles. The molecule has 102 valence electrons. The average molecular weight is 253 g/mol. The molecule has 0 aromatic heterocycles. The second-order valence-electron chi connectivity index (χ2n) is 5.96. The Morgan fingerprint density at radius 3 is 2.11 bits per heavy atom. The van der Waals surface area contributed by atoms with E-state index in [4.69, 9.17) is 5.11 Å². The third-order valence-electron chi connectivity index (χ3n) is 4.86. The van der Waals surface area contributed by atoms with Gasteiger partial charge in [-0.2, -0.15) is 0 Å². The van der Waals surface area contributed by atoms with Crippen LogP contribution in [0.15, 0.2) is 0 Å². The van der Waals surface area contributed by atoms with Crippen molar-refractivity contribution in [1.29, 1.82) is 0 Å². The molecule has 4 heteroatoms. The van der Waals surface area contributed by atoms with Crippen molar-refractivity contribution in [3.8, 4) is 0 Å². The minimum Gasteiger partial charge on any atom is -0.481 e. The molecule has 4 nitrogen and oxygen atoms in total. The number of hydrogen-bond acceptors (Lipinski definition) is 2. The van der Waals surface area contributed by atoms with E-state index in [9.17, 15) is 9.59 Å². The lowest BCUT2D eigenvalue weighted by molar-refractivity contribution is -0.143. The van der Waals surface area contributed by atoms with E-state index in [0.29, 0.717) is 19.4 Å². The van der Waals surface area contributed by atoms with E-state index in [1.807, 2.05) is 0 Å². The first-order valence-corrected chi connectivity index (χ1v) is 7.06. The van der Waals surface area contributed by atoms with Gasteiger partial charge in [0.05, 0.1) is 5.41 Å². The number of aliphatic carboxylic acids is 1. The van der Waals surface area contributed by atoms with Crippen molar-refractivity contribution in [2.75, 3.05) is 6.54 Å². The maximum Gasteiger partial charge on any atom is 0.311 e. The molecule has 0 aromatic rings. The van der Waals surface area contributed by atoms with Gasteiger partial charge in [-0.1, -0.05) is 26.2 Å². The molecule has 0 spiro atoms. The summed E-state index contributed by atoms with van der Waals surface area (Å²) in [7, 11) is 0. The topological polar surface area (TPSA) is 66.4 Å². The Morgan fingerprint density at radius 1 is 1.06 bits per heavy atom. The van der Waals surface area contributed by atoms with E-state index in [0.717, 1.165) is 32.1 Å². The molecule has 2 aliphatic rings. The lowest BCUT2D eigenvalue weighted by Crippen LogP contribution is -2.45. The molecule has 2 N–H and O–H groups in total. The maximum atomic E-state index is 12.3. The fourth-order valence-electron chi connectivity index (χ4n) is 3.02. The highest BCUT2D eigenvalue weighted by Crippen LogP contribution is 2.46. The van der Waals surface area contributed by atoms with E-state index in [-0.39, 0.29) is 11.3 Å². The summed E-state index contributed by atoms with van der Waals surface area (Å²) in [4.78, 5) is 23.4. The Kier molecular flexibility index (Phi) is 3.64. The zero-order chi connectivity index (χ0) is 13.2. The molecule has 2 saturated carbocycles. The Hall–Kier alpha value is -1.06. The number of carboxylic acids is 1. The Morgan fingerprint density at radius 2 is 1.67 bits per heavy atom. The van der Waals surface area contributed by atoms with Crippen LogP contribution in [0.4, 0.5) is 0 Å². The summed E-state index contributed by atoms with van der Waals surface area (Å²) in [6.45, 7) is 2.37. The lowest BCUT2D eigenvalue weighted by atomic mass is 9.71. The Bertz CT molecular complexity index is 341. The molecule has 2 aliphatic carbocycles. The standard InChI is InChI=1S/C14H23NO3/c1-2-13(6-4-3-5-7-13)11(16)15-10-14(8-9-14)12(17)18/h2-10H2,1H3,(H,15,16)(H,17,18). The molecule has 0 aromatic carbocycles. The number of nitrogens with one attached hydrogen (secondary N) is 1. The summed E-state index contributed by atoms with van der Waals surface area (Å²) in [6, 6.07) is 0. The predicted octanol–water partition coefficient (Wildman–Crippen LogP) is 2.33. The van der Waals surface area contributed by atoms with Crippen LogP contribution in [0.2, 0.25) is 0 Å². The minimum absolute atomic E-state index is 0.0808. The largest absolute Gasteiger partial charge is 0.481 e. The van der Waals surface area contributed by atoms with Crippen molar-refractivity contribution in [2.24, 2.45) is 10.8 Å². The van der Waals surface area contributed by atoms with Crippen molar-refractivity contribution in [3.63, 3.8) is 0 Å². The van der Waals surface area contributed by atoms with Crippen molar-refractivity contribution in [3.05, 3.63) is 0 Å². The molecule has 0 bridgehead atoms. The van der Waals surface area contributed by atoms with Gasteiger partial charge in [0.2, 0.25) is 5.91 Å². The third-order valence-corrected chi connectivity index (χ3v) is 4.86. The van der Waals surface area contributed by atoms with Gasteiger partial charge in [0.1, 0.15) is 0 Å². The van der Waals surface area contributed by atoms with Gasteiger partial charge in [0.25, 0.3) is 0 Å². The maximum absolute atomic E-state index is 12.3. The molecule has 0 atom stereocenters. The van der Waals surface area contributed by atoms with Crippen molar-refractivity contribution < 1.29 is 14.7 Å². The molecule has 0 unspecified atom stereocenters. The highest BCUT2D eigenvalue weighted by molar-refractivity contribution is 5.84. The molecule has 0 saturated heterocycles. The summed E-state index contributed by atoms with van der Waals surface area (Å²) in [5.74, 6) is -0.686. The van der Waals surface area contributed by atoms with Crippen LogP contribution in [-0.4, -0.2) is 23.5 Å². The summed E-state index contributed by atoms with van der Waals surface area (Å²) in [5, 5.41) is 12.0. The van der Waals surface area contributed by atoms with Crippen LogP contribution in [0.25, 0.3) is 0 Å². The number of carbonyl (C=O) groups excluding carboxylic acids is 1. The van der Waals surface area contributed by atoms with Crippen LogP contribution in [0, 0.1) is 10.8 Å². The zero-order valence-corrected chi connectivity index (χ0v) is 11.1. The highest BCUT2D eigenvalue weighted by Gasteiger charge is 2.51. The zero-order valence-electron chi connectivity index (χ0n) is 11.1.